The first kappa shape index (κ1) is 20.4. The Bertz CT molecular complexity index is 678. The summed E-state index contributed by atoms with van der Waals surface area (Å²) in [5.41, 5.74) is 2.65. The molecular formula is C24H33N3O. The lowest BCUT2D eigenvalue weighted by atomic mass is 9.99. The highest BCUT2D eigenvalue weighted by Crippen LogP contribution is 2.18. The SMILES string of the molecule is O=C(NCCc1ccccc1)C1CCCNC1.c1ccc(N2CCCC2)cc1. The predicted octanol–water partition coefficient (Wildman–Crippen LogP) is 3.63. The van der Waals surface area contributed by atoms with E-state index in [9.17, 15) is 4.79 Å². The van der Waals surface area contributed by atoms with Gasteiger partial charge in [-0.3, -0.25) is 4.79 Å². The van der Waals surface area contributed by atoms with Crippen LogP contribution in [0.2, 0.25) is 0 Å². The molecule has 0 saturated carbocycles. The summed E-state index contributed by atoms with van der Waals surface area (Å²) in [6, 6.07) is 20.9. The molecular weight excluding hydrogens is 346 g/mol. The standard InChI is InChI=1S/C14H20N2O.C10H13N/c17-14(13-7-4-9-15-11-13)16-10-8-12-5-2-1-3-6-12;1-2-6-10(7-3-1)11-8-4-5-9-11/h1-3,5-6,13,15H,4,7-11H2,(H,16,17);1-3,6-7H,4-5,8-9H2. The van der Waals surface area contributed by atoms with Gasteiger partial charge < -0.3 is 15.5 Å². The smallest absolute Gasteiger partial charge is 0.224 e. The Morgan fingerprint density at radius 3 is 2.29 bits per heavy atom. The van der Waals surface area contributed by atoms with E-state index in [0.29, 0.717) is 0 Å². The maximum absolute atomic E-state index is 11.8. The van der Waals surface area contributed by atoms with E-state index in [2.05, 4.69) is 58.0 Å². The van der Waals surface area contributed by atoms with Crippen LogP contribution in [0.5, 0.6) is 0 Å². The minimum Gasteiger partial charge on any atom is -0.372 e. The molecule has 2 heterocycles. The molecule has 2 aromatic carbocycles. The van der Waals surface area contributed by atoms with Crippen molar-refractivity contribution in [1.29, 1.82) is 0 Å². The van der Waals surface area contributed by atoms with E-state index in [0.717, 1.165) is 38.9 Å². The molecule has 2 aromatic rings. The first-order valence-electron chi connectivity index (χ1n) is 10.7. The van der Waals surface area contributed by atoms with Crippen LogP contribution in [0.1, 0.15) is 31.2 Å². The van der Waals surface area contributed by atoms with Gasteiger partial charge in [0.15, 0.2) is 0 Å². The largest absolute Gasteiger partial charge is 0.372 e. The molecule has 2 aliphatic heterocycles. The lowest BCUT2D eigenvalue weighted by molar-refractivity contribution is -0.125. The minimum atomic E-state index is 0.166. The fourth-order valence-electron chi connectivity index (χ4n) is 3.81. The first-order valence-corrected chi connectivity index (χ1v) is 10.7. The molecule has 2 fully saturated rings. The molecule has 0 radical (unpaired) electrons. The number of anilines is 1. The van der Waals surface area contributed by atoms with Crippen molar-refractivity contribution < 1.29 is 4.79 Å². The number of benzene rings is 2. The third-order valence-corrected chi connectivity index (χ3v) is 5.45. The van der Waals surface area contributed by atoms with Crippen molar-refractivity contribution in [2.75, 3.05) is 37.6 Å². The Hall–Kier alpha value is -2.33. The Morgan fingerprint density at radius 1 is 0.964 bits per heavy atom. The Labute approximate surface area is 169 Å². The quantitative estimate of drug-likeness (QED) is 0.834. The molecule has 1 unspecified atom stereocenters. The van der Waals surface area contributed by atoms with Crippen LogP contribution in [0.3, 0.4) is 0 Å². The first-order chi connectivity index (χ1) is 13.8. The van der Waals surface area contributed by atoms with Crippen molar-refractivity contribution in [3.8, 4) is 0 Å². The normalized spacial score (nSPS) is 18.9. The number of rotatable bonds is 5. The van der Waals surface area contributed by atoms with E-state index in [4.69, 9.17) is 0 Å². The minimum absolute atomic E-state index is 0.166. The van der Waals surface area contributed by atoms with Crippen LogP contribution in [0.4, 0.5) is 5.69 Å². The summed E-state index contributed by atoms with van der Waals surface area (Å²) in [4.78, 5) is 14.3. The van der Waals surface area contributed by atoms with Crippen molar-refractivity contribution in [3.05, 3.63) is 66.2 Å². The van der Waals surface area contributed by atoms with Crippen LogP contribution in [0.15, 0.2) is 60.7 Å². The highest BCUT2D eigenvalue weighted by Gasteiger charge is 2.20. The molecule has 2 aliphatic rings. The molecule has 150 valence electrons. The summed E-state index contributed by atoms with van der Waals surface area (Å²) >= 11 is 0. The number of hydrogen-bond acceptors (Lipinski definition) is 3. The number of carbonyl (C=O) groups excluding carboxylic acids is 1. The number of nitrogens with zero attached hydrogens (tertiary/aromatic N) is 1. The molecule has 2 saturated heterocycles. The molecule has 0 bridgehead atoms. The van der Waals surface area contributed by atoms with Crippen LogP contribution in [-0.2, 0) is 11.2 Å². The second-order valence-electron chi connectivity index (χ2n) is 7.60. The highest BCUT2D eigenvalue weighted by molar-refractivity contribution is 5.78. The predicted molar refractivity (Wildman–Crippen MR) is 117 cm³/mol. The maximum atomic E-state index is 11.8. The van der Waals surface area contributed by atoms with Crippen LogP contribution in [0.25, 0.3) is 0 Å². The average Bonchev–Trinajstić information content (AvgIpc) is 3.31. The van der Waals surface area contributed by atoms with Crippen LogP contribution < -0.4 is 15.5 Å². The zero-order valence-corrected chi connectivity index (χ0v) is 16.8. The Kier molecular flexibility index (Phi) is 8.38. The van der Waals surface area contributed by atoms with Gasteiger partial charge in [0.25, 0.3) is 0 Å². The van der Waals surface area contributed by atoms with Gasteiger partial charge in [-0.05, 0) is 56.3 Å². The summed E-state index contributed by atoms with van der Waals surface area (Å²) in [5, 5.41) is 6.28. The topological polar surface area (TPSA) is 44.4 Å². The summed E-state index contributed by atoms with van der Waals surface area (Å²) in [6.07, 6.45) is 5.75. The van der Waals surface area contributed by atoms with Crippen LogP contribution in [-0.4, -0.2) is 38.6 Å². The molecule has 0 aliphatic carbocycles. The summed E-state index contributed by atoms with van der Waals surface area (Å²) < 4.78 is 0. The number of carbonyl (C=O) groups is 1. The number of hydrogen-bond donors (Lipinski definition) is 2. The molecule has 28 heavy (non-hydrogen) atoms. The van der Waals surface area contributed by atoms with Crippen molar-refractivity contribution in [2.45, 2.75) is 32.1 Å². The fourth-order valence-corrected chi connectivity index (χ4v) is 3.81. The van der Waals surface area contributed by atoms with Crippen LogP contribution >= 0.6 is 0 Å². The van der Waals surface area contributed by atoms with Crippen molar-refractivity contribution in [2.24, 2.45) is 5.92 Å². The van der Waals surface area contributed by atoms with E-state index < -0.39 is 0 Å². The number of nitrogens with one attached hydrogen (secondary N) is 2. The van der Waals surface area contributed by atoms with E-state index in [1.807, 2.05) is 18.2 Å². The van der Waals surface area contributed by atoms with Crippen molar-refractivity contribution in [1.82, 2.24) is 10.6 Å². The van der Waals surface area contributed by atoms with Crippen molar-refractivity contribution >= 4 is 11.6 Å². The van der Waals surface area contributed by atoms with Gasteiger partial charge in [0, 0.05) is 31.9 Å². The number of para-hydroxylation sites is 1. The maximum Gasteiger partial charge on any atom is 0.224 e. The third kappa shape index (κ3) is 6.68. The average molecular weight is 380 g/mol. The highest BCUT2D eigenvalue weighted by atomic mass is 16.1. The molecule has 0 aromatic heterocycles. The Morgan fingerprint density at radius 2 is 1.64 bits per heavy atom. The lowest BCUT2D eigenvalue weighted by Gasteiger charge is -2.21. The van der Waals surface area contributed by atoms with E-state index >= 15 is 0 Å². The van der Waals surface area contributed by atoms with Crippen molar-refractivity contribution in [3.63, 3.8) is 0 Å². The molecule has 1 amide bonds. The van der Waals surface area contributed by atoms with Crippen LogP contribution in [0, 0.1) is 5.92 Å². The molecule has 2 N–H and O–H groups in total. The van der Waals surface area contributed by atoms with E-state index in [1.165, 1.54) is 37.2 Å². The van der Waals surface area contributed by atoms with Gasteiger partial charge in [-0.25, -0.2) is 0 Å². The summed E-state index contributed by atoms with van der Waals surface area (Å²) in [5.74, 6) is 0.368. The number of amides is 1. The molecule has 0 spiro atoms. The zero-order chi connectivity index (χ0) is 19.4. The van der Waals surface area contributed by atoms with E-state index in [-0.39, 0.29) is 11.8 Å². The molecule has 4 nitrogen and oxygen atoms in total. The number of piperidine rings is 1. The zero-order valence-electron chi connectivity index (χ0n) is 16.8. The molecule has 4 rings (SSSR count). The summed E-state index contributed by atoms with van der Waals surface area (Å²) in [6.45, 7) is 5.10. The second kappa shape index (κ2) is 11.5. The monoisotopic (exact) mass is 379 g/mol. The second-order valence-corrected chi connectivity index (χ2v) is 7.60. The van der Waals surface area contributed by atoms with Gasteiger partial charge in [0.05, 0.1) is 5.92 Å². The van der Waals surface area contributed by atoms with Gasteiger partial charge in [-0.2, -0.15) is 0 Å². The van der Waals surface area contributed by atoms with Gasteiger partial charge in [0.1, 0.15) is 0 Å². The van der Waals surface area contributed by atoms with E-state index in [1.54, 1.807) is 0 Å². The van der Waals surface area contributed by atoms with Gasteiger partial charge >= 0.3 is 0 Å². The summed E-state index contributed by atoms with van der Waals surface area (Å²) in [7, 11) is 0. The van der Waals surface area contributed by atoms with Gasteiger partial charge in [0.2, 0.25) is 5.91 Å². The Balaban J connectivity index is 0.000000176. The van der Waals surface area contributed by atoms with Gasteiger partial charge in [-0.1, -0.05) is 48.5 Å². The third-order valence-electron chi connectivity index (χ3n) is 5.45. The molecule has 1 atom stereocenters. The lowest BCUT2D eigenvalue weighted by Crippen LogP contribution is -2.41. The molecule has 4 heteroatoms. The van der Waals surface area contributed by atoms with Gasteiger partial charge in [-0.15, -0.1) is 0 Å². The fraction of sp³-hybridized carbons (Fsp3) is 0.458.